The van der Waals surface area contributed by atoms with E-state index in [0.717, 1.165) is 31.3 Å². The minimum atomic E-state index is -0.980. The Kier molecular flexibility index (Phi) is 3.31. The van der Waals surface area contributed by atoms with Gasteiger partial charge in [0.15, 0.2) is 0 Å². The molecule has 1 saturated heterocycles. The van der Waals surface area contributed by atoms with Gasteiger partial charge in [0.2, 0.25) is 0 Å². The molecule has 2 aromatic rings. The highest BCUT2D eigenvalue weighted by Crippen LogP contribution is 2.29. The number of nitrogens with zero attached hydrogens (tertiary/aromatic N) is 2. The number of benzene rings is 1. The number of aromatic nitrogens is 2. The van der Waals surface area contributed by atoms with E-state index in [1.54, 1.807) is 10.7 Å². The number of aromatic carboxylic acids is 1. The molecule has 6 nitrogen and oxygen atoms in total. The molecule has 106 valence electrons. The fourth-order valence-electron chi connectivity index (χ4n) is 2.48. The number of ether oxygens (including phenoxy) is 2. The summed E-state index contributed by atoms with van der Waals surface area (Å²) in [4.78, 5) is 11.1. The van der Waals surface area contributed by atoms with Gasteiger partial charge in [-0.15, -0.1) is 0 Å². The fraction of sp³-hybridized carbons (Fsp3) is 0.429. The third-order valence-corrected chi connectivity index (χ3v) is 3.51. The number of carboxylic acid groups (broad SMARTS) is 1. The lowest BCUT2D eigenvalue weighted by molar-refractivity contribution is -0.0390. The van der Waals surface area contributed by atoms with Crippen molar-refractivity contribution in [1.29, 1.82) is 0 Å². The van der Waals surface area contributed by atoms with Crippen LogP contribution in [0.15, 0.2) is 18.3 Å². The first-order chi connectivity index (χ1) is 9.69. The first-order valence-corrected chi connectivity index (χ1v) is 6.61. The van der Waals surface area contributed by atoms with Gasteiger partial charge in [0.25, 0.3) is 0 Å². The van der Waals surface area contributed by atoms with Gasteiger partial charge in [0.05, 0.1) is 12.7 Å². The van der Waals surface area contributed by atoms with Crippen molar-refractivity contribution in [3.05, 3.63) is 23.9 Å². The Bertz CT molecular complexity index is 644. The second-order valence-corrected chi connectivity index (χ2v) is 4.85. The molecular formula is C14H16N2O4. The van der Waals surface area contributed by atoms with E-state index in [2.05, 4.69) is 5.10 Å². The minimum Gasteiger partial charge on any atom is -0.494 e. The number of rotatable bonds is 3. The van der Waals surface area contributed by atoms with Gasteiger partial charge >= 0.3 is 5.97 Å². The highest BCUT2D eigenvalue weighted by atomic mass is 16.5. The zero-order valence-corrected chi connectivity index (χ0v) is 11.2. The number of hydrogen-bond donors (Lipinski definition) is 1. The number of fused-ring (bicyclic) bond motifs is 1. The molecule has 1 fully saturated rings. The molecule has 0 bridgehead atoms. The maximum atomic E-state index is 11.1. The lowest BCUT2D eigenvalue weighted by atomic mass is 10.1. The van der Waals surface area contributed by atoms with Crippen molar-refractivity contribution < 1.29 is 19.4 Å². The predicted molar refractivity (Wildman–Crippen MR) is 72.1 cm³/mol. The largest absolute Gasteiger partial charge is 0.494 e. The Morgan fingerprint density at radius 3 is 3.00 bits per heavy atom. The Balaban J connectivity index is 2.06. The van der Waals surface area contributed by atoms with E-state index in [9.17, 15) is 4.79 Å². The summed E-state index contributed by atoms with van der Waals surface area (Å²) < 4.78 is 12.7. The number of methoxy groups -OCH3 is 1. The molecule has 20 heavy (non-hydrogen) atoms. The lowest BCUT2D eigenvalue weighted by Crippen LogP contribution is -2.18. The van der Waals surface area contributed by atoms with E-state index in [1.165, 1.54) is 13.2 Å². The lowest BCUT2D eigenvalue weighted by Gasteiger charge is -2.22. The van der Waals surface area contributed by atoms with Gasteiger partial charge in [-0.05, 0) is 31.4 Å². The summed E-state index contributed by atoms with van der Waals surface area (Å²) in [5.41, 5.74) is 0.852. The van der Waals surface area contributed by atoms with Crippen molar-refractivity contribution in [3.8, 4) is 5.75 Å². The molecule has 0 spiro atoms. The average molecular weight is 276 g/mol. The van der Waals surface area contributed by atoms with Gasteiger partial charge in [-0.2, -0.15) is 5.10 Å². The maximum absolute atomic E-state index is 11.1. The van der Waals surface area contributed by atoms with E-state index >= 15 is 0 Å². The minimum absolute atomic E-state index is 0.0749. The molecule has 0 aliphatic carbocycles. The van der Waals surface area contributed by atoms with Crippen LogP contribution in [-0.4, -0.2) is 34.6 Å². The van der Waals surface area contributed by atoms with Crippen LogP contribution in [0, 0.1) is 0 Å². The molecule has 1 aromatic carbocycles. The van der Waals surface area contributed by atoms with E-state index < -0.39 is 5.97 Å². The molecule has 0 radical (unpaired) electrons. The van der Waals surface area contributed by atoms with Crippen molar-refractivity contribution in [2.75, 3.05) is 13.7 Å². The molecule has 3 rings (SSSR count). The summed E-state index contributed by atoms with van der Waals surface area (Å²) in [7, 11) is 1.51. The zero-order valence-electron chi connectivity index (χ0n) is 11.2. The summed E-state index contributed by atoms with van der Waals surface area (Å²) in [6.07, 6.45) is 4.85. The van der Waals surface area contributed by atoms with E-state index in [1.807, 2.05) is 6.20 Å². The van der Waals surface area contributed by atoms with Crippen LogP contribution in [0.2, 0.25) is 0 Å². The third kappa shape index (κ3) is 2.22. The van der Waals surface area contributed by atoms with Crippen molar-refractivity contribution in [3.63, 3.8) is 0 Å². The Labute approximate surface area is 115 Å². The van der Waals surface area contributed by atoms with Crippen molar-refractivity contribution in [2.24, 2.45) is 0 Å². The predicted octanol–water partition coefficient (Wildman–Crippen LogP) is 2.44. The van der Waals surface area contributed by atoms with E-state index in [0.29, 0.717) is 11.3 Å². The summed E-state index contributed by atoms with van der Waals surface area (Å²) in [6.45, 7) is 0.735. The number of carbonyl (C=O) groups is 1. The topological polar surface area (TPSA) is 73.6 Å². The molecule has 1 unspecified atom stereocenters. The van der Waals surface area contributed by atoms with Crippen LogP contribution in [0.1, 0.15) is 35.8 Å². The Morgan fingerprint density at radius 1 is 1.50 bits per heavy atom. The van der Waals surface area contributed by atoms with Gasteiger partial charge in [0.1, 0.15) is 17.5 Å². The van der Waals surface area contributed by atoms with Gasteiger partial charge < -0.3 is 14.6 Å². The molecule has 1 aliphatic rings. The van der Waals surface area contributed by atoms with Gasteiger partial charge in [0, 0.05) is 18.2 Å². The SMILES string of the molecule is COc1cc(C(=O)O)cc2cn(C3CCCCO3)nc12. The summed E-state index contributed by atoms with van der Waals surface area (Å²) >= 11 is 0. The quantitative estimate of drug-likeness (QED) is 0.932. The normalized spacial score (nSPS) is 19.1. The highest BCUT2D eigenvalue weighted by molar-refractivity contribution is 5.95. The summed E-state index contributed by atoms with van der Waals surface area (Å²) in [6, 6.07) is 3.09. The van der Waals surface area contributed by atoms with Crippen LogP contribution in [-0.2, 0) is 4.74 Å². The Hall–Kier alpha value is -2.08. The number of carboxylic acids is 1. The summed E-state index contributed by atoms with van der Waals surface area (Å²) in [5.74, 6) is -0.513. The standard InChI is InChI=1S/C14H16N2O4/c1-19-11-7-9(14(17)18)6-10-8-16(15-13(10)11)12-4-2-3-5-20-12/h6-8,12H,2-5H2,1H3,(H,17,18). The second-order valence-electron chi connectivity index (χ2n) is 4.85. The van der Waals surface area contributed by atoms with Crippen LogP contribution in [0.25, 0.3) is 10.9 Å². The van der Waals surface area contributed by atoms with Crippen LogP contribution in [0.3, 0.4) is 0 Å². The van der Waals surface area contributed by atoms with Gasteiger partial charge in [-0.1, -0.05) is 0 Å². The molecule has 1 atom stereocenters. The maximum Gasteiger partial charge on any atom is 0.335 e. The molecule has 1 aliphatic heterocycles. The fourth-order valence-corrected chi connectivity index (χ4v) is 2.48. The molecule has 1 aromatic heterocycles. The average Bonchev–Trinajstić information content (AvgIpc) is 2.91. The van der Waals surface area contributed by atoms with E-state index in [4.69, 9.17) is 14.6 Å². The van der Waals surface area contributed by atoms with Crippen LogP contribution in [0.4, 0.5) is 0 Å². The van der Waals surface area contributed by atoms with Crippen molar-refractivity contribution in [1.82, 2.24) is 9.78 Å². The second kappa shape index (κ2) is 5.13. The molecule has 2 heterocycles. The smallest absolute Gasteiger partial charge is 0.335 e. The van der Waals surface area contributed by atoms with Crippen molar-refractivity contribution in [2.45, 2.75) is 25.5 Å². The summed E-state index contributed by atoms with van der Waals surface area (Å²) in [5, 5.41) is 14.3. The van der Waals surface area contributed by atoms with Crippen LogP contribution < -0.4 is 4.74 Å². The van der Waals surface area contributed by atoms with Gasteiger partial charge in [-0.3, -0.25) is 0 Å². The number of hydrogen-bond acceptors (Lipinski definition) is 4. The Morgan fingerprint density at radius 2 is 2.35 bits per heavy atom. The zero-order chi connectivity index (χ0) is 14.1. The molecule has 1 N–H and O–H groups in total. The molecule has 0 amide bonds. The third-order valence-electron chi connectivity index (χ3n) is 3.51. The monoisotopic (exact) mass is 276 g/mol. The molecule has 0 saturated carbocycles. The van der Waals surface area contributed by atoms with Crippen molar-refractivity contribution >= 4 is 16.9 Å². The molecule has 6 heteroatoms. The van der Waals surface area contributed by atoms with Crippen LogP contribution >= 0.6 is 0 Å². The molecular weight excluding hydrogens is 260 g/mol. The van der Waals surface area contributed by atoms with E-state index in [-0.39, 0.29) is 11.8 Å². The first kappa shape index (κ1) is 12.9. The van der Waals surface area contributed by atoms with Gasteiger partial charge in [-0.25, -0.2) is 9.48 Å². The van der Waals surface area contributed by atoms with Crippen LogP contribution in [0.5, 0.6) is 5.75 Å². The highest BCUT2D eigenvalue weighted by Gasteiger charge is 2.19. The first-order valence-electron chi connectivity index (χ1n) is 6.61.